The number of methoxy groups -OCH3 is 2. The highest BCUT2D eigenvalue weighted by Gasteiger charge is 2.47. The third-order valence-corrected chi connectivity index (χ3v) is 14.9. The van der Waals surface area contributed by atoms with Gasteiger partial charge in [0.1, 0.15) is 48.8 Å². The van der Waals surface area contributed by atoms with Crippen LogP contribution in [-0.4, -0.2) is 231 Å². The molecule has 2 fully saturated rings. The van der Waals surface area contributed by atoms with Crippen molar-refractivity contribution < 1.29 is 79.0 Å². The molecule has 0 spiro atoms. The number of ether oxygens (including phenoxy) is 4. The minimum atomic E-state index is -1.86. The van der Waals surface area contributed by atoms with Gasteiger partial charge in [-0.1, -0.05) is 90.3 Å². The summed E-state index contributed by atoms with van der Waals surface area (Å²) in [7, 11) is 6.09. The summed E-state index contributed by atoms with van der Waals surface area (Å²) in [5, 5.41) is 92.3. The SMILES string of the molecule is CCC(C)C(C(CC(=O)N1CCCC1C(OC)C(C)C(=O)NC(C)C(OC1OC(CO)C(O)C(O)C1O)c1ccccc1)OC)N(C)C(=O)C(NC(=O)C(C(C)C)N(C)CC(O)C(O)C(O)C(O)CN=[N+]=[N-])C(C)C. The van der Waals surface area contributed by atoms with E-state index in [9.17, 15) is 60.0 Å². The highest BCUT2D eigenvalue weighted by molar-refractivity contribution is 5.90. The highest BCUT2D eigenvalue weighted by atomic mass is 16.7. The van der Waals surface area contributed by atoms with Gasteiger partial charge < -0.3 is 80.2 Å². The molecule has 0 saturated carbocycles. The number of nitrogens with zero attached hydrogens (tertiary/aromatic N) is 6. The Hall–Kier alpha value is -4.11. The van der Waals surface area contributed by atoms with Crippen molar-refractivity contribution in [3.8, 4) is 0 Å². The summed E-state index contributed by atoms with van der Waals surface area (Å²) in [4.78, 5) is 64.7. The maximum atomic E-state index is 14.7. The zero-order valence-electron chi connectivity index (χ0n) is 45.7. The Morgan fingerprint density at radius 3 is 2.05 bits per heavy atom. The molecule has 0 aliphatic carbocycles. The quantitative estimate of drug-likeness (QED) is 0.0271. The molecule has 24 heteroatoms. The number of carbonyl (C=O) groups excluding carboxylic acids is 4. The average molecular weight is 1070 g/mol. The van der Waals surface area contributed by atoms with Crippen LogP contribution in [0.4, 0.5) is 0 Å². The number of azide groups is 1. The second kappa shape index (κ2) is 30.7. The molecule has 2 saturated heterocycles. The van der Waals surface area contributed by atoms with Crippen LogP contribution in [-0.2, 0) is 38.1 Å². The molecule has 2 aliphatic rings. The van der Waals surface area contributed by atoms with Gasteiger partial charge in [-0.05, 0) is 55.7 Å². The van der Waals surface area contributed by atoms with E-state index in [1.165, 1.54) is 31.1 Å². The van der Waals surface area contributed by atoms with Crippen molar-refractivity contribution in [2.75, 3.05) is 54.6 Å². The maximum Gasteiger partial charge on any atom is 0.245 e. The monoisotopic (exact) mass is 1070 g/mol. The van der Waals surface area contributed by atoms with E-state index >= 15 is 0 Å². The van der Waals surface area contributed by atoms with Gasteiger partial charge in [0.2, 0.25) is 23.6 Å². The predicted octanol–water partition coefficient (Wildman–Crippen LogP) is -0.180. The van der Waals surface area contributed by atoms with Crippen molar-refractivity contribution >= 4 is 23.6 Å². The summed E-state index contributed by atoms with van der Waals surface area (Å²) < 4.78 is 23.9. The van der Waals surface area contributed by atoms with Crippen LogP contribution >= 0.6 is 0 Å². The number of hydrogen-bond donors (Lipinski definition) is 10. The average Bonchev–Trinajstić information content (AvgIpc) is 3.87. The molecule has 0 radical (unpaired) electrons. The van der Waals surface area contributed by atoms with Crippen LogP contribution in [0, 0.1) is 23.7 Å². The van der Waals surface area contributed by atoms with Gasteiger partial charge in [-0.2, -0.15) is 0 Å². The van der Waals surface area contributed by atoms with Crippen LogP contribution < -0.4 is 10.6 Å². The Morgan fingerprint density at radius 2 is 1.51 bits per heavy atom. The lowest BCUT2D eigenvalue weighted by Crippen LogP contribution is -2.60. The Labute approximate surface area is 441 Å². The predicted molar refractivity (Wildman–Crippen MR) is 274 cm³/mol. The van der Waals surface area contributed by atoms with Gasteiger partial charge >= 0.3 is 0 Å². The van der Waals surface area contributed by atoms with E-state index in [1.807, 2.05) is 13.8 Å². The van der Waals surface area contributed by atoms with Crippen molar-refractivity contribution in [3.05, 3.63) is 46.3 Å². The van der Waals surface area contributed by atoms with Crippen LogP contribution in [0.2, 0.25) is 0 Å². The van der Waals surface area contributed by atoms with Gasteiger partial charge in [0, 0.05) is 39.3 Å². The van der Waals surface area contributed by atoms with Crippen molar-refractivity contribution in [1.29, 1.82) is 0 Å². The third-order valence-electron chi connectivity index (χ3n) is 14.9. The number of rotatable bonds is 30. The summed E-state index contributed by atoms with van der Waals surface area (Å²) in [6.45, 7) is 13.3. The molecule has 0 aromatic heterocycles. The summed E-state index contributed by atoms with van der Waals surface area (Å²) in [5.74, 6) is -3.47. The summed E-state index contributed by atoms with van der Waals surface area (Å²) in [6, 6.07) is 4.91. The normalized spacial score (nSPS) is 25.4. The van der Waals surface area contributed by atoms with Crippen molar-refractivity contribution in [2.45, 2.75) is 185 Å². The molecule has 19 unspecified atom stereocenters. The van der Waals surface area contributed by atoms with E-state index in [0.29, 0.717) is 31.4 Å². The van der Waals surface area contributed by atoms with E-state index in [1.54, 1.807) is 83.8 Å². The van der Waals surface area contributed by atoms with Gasteiger partial charge in [-0.3, -0.25) is 24.1 Å². The number of aliphatic hydroxyl groups excluding tert-OH is 8. The molecule has 2 aliphatic heterocycles. The largest absolute Gasteiger partial charge is 0.394 e. The minimum absolute atomic E-state index is 0.133. The van der Waals surface area contributed by atoms with E-state index in [4.69, 9.17) is 24.5 Å². The molecule has 0 bridgehead atoms. The Kier molecular flexibility index (Phi) is 26.7. The first-order valence-electron chi connectivity index (χ1n) is 26.0. The standard InChI is InChI=1S/C51H88N8O16/c1-13-28(6)40(58(10)50(71)38(26(2)3)55-49(70)39(27(4)5)57(9)24-34(62)42(65)41(64)33(61)23-53-56-52)35(72-11)22-37(63)59-21-17-20-32(59)46(73-12)29(7)48(69)54-30(8)47(31-18-15-14-16-19-31)75-51-45(68)44(67)43(66)36(25-60)74-51/h14-16,18-19,26-30,32-36,38-47,51,60-62,64-68H,13,17,20-25H2,1-12H3,(H,54,69)(H,55,70). The Morgan fingerprint density at radius 1 is 0.880 bits per heavy atom. The van der Waals surface area contributed by atoms with Crippen LogP contribution in [0.25, 0.3) is 10.4 Å². The number of amides is 4. The number of nitrogens with one attached hydrogen (secondary N) is 2. The molecule has 3 rings (SSSR count). The third kappa shape index (κ3) is 16.9. The van der Waals surface area contributed by atoms with E-state index in [0.717, 1.165) is 0 Å². The highest BCUT2D eigenvalue weighted by Crippen LogP contribution is 2.32. The number of hydrogen-bond acceptors (Lipinski definition) is 18. The summed E-state index contributed by atoms with van der Waals surface area (Å²) in [6.07, 6.45) is -15.5. The van der Waals surface area contributed by atoms with Gasteiger partial charge in [0.05, 0.1) is 74.1 Å². The molecule has 1 aromatic carbocycles. The molecular weight excluding hydrogens is 981 g/mol. The smallest absolute Gasteiger partial charge is 0.245 e. The molecule has 24 nitrogen and oxygen atoms in total. The lowest BCUT2D eigenvalue weighted by Gasteiger charge is -2.42. The summed E-state index contributed by atoms with van der Waals surface area (Å²) >= 11 is 0. The molecule has 1 aromatic rings. The fourth-order valence-corrected chi connectivity index (χ4v) is 10.4. The number of likely N-dealkylation sites (N-methyl/N-ethyl adjacent to an activating group) is 2. The first kappa shape index (κ1) is 65.2. The number of likely N-dealkylation sites (tertiary alicyclic amines) is 1. The van der Waals surface area contributed by atoms with E-state index in [2.05, 4.69) is 20.7 Å². The number of carbonyl (C=O) groups is 4. The van der Waals surface area contributed by atoms with Gasteiger partial charge in [0.15, 0.2) is 6.29 Å². The minimum Gasteiger partial charge on any atom is -0.394 e. The van der Waals surface area contributed by atoms with Crippen LogP contribution in [0.5, 0.6) is 0 Å². The molecule has 428 valence electrons. The van der Waals surface area contributed by atoms with Gasteiger partial charge in [0.25, 0.3) is 0 Å². The topological polar surface area (TPSA) is 350 Å². The summed E-state index contributed by atoms with van der Waals surface area (Å²) in [5.41, 5.74) is 9.14. The van der Waals surface area contributed by atoms with E-state index in [-0.39, 0.29) is 30.7 Å². The van der Waals surface area contributed by atoms with Gasteiger partial charge in [-0.25, -0.2) is 0 Å². The number of benzene rings is 1. The maximum absolute atomic E-state index is 14.7. The zero-order valence-corrected chi connectivity index (χ0v) is 45.7. The molecule has 4 amide bonds. The molecule has 75 heavy (non-hydrogen) atoms. The fraction of sp³-hybridized carbons (Fsp3) is 0.804. The number of aliphatic hydroxyl groups is 8. The van der Waals surface area contributed by atoms with Crippen LogP contribution in [0.3, 0.4) is 0 Å². The fourth-order valence-electron chi connectivity index (χ4n) is 10.4. The van der Waals surface area contributed by atoms with Crippen LogP contribution in [0.1, 0.15) is 92.7 Å². The van der Waals surface area contributed by atoms with Crippen LogP contribution in [0.15, 0.2) is 35.4 Å². The Bertz CT molecular complexity index is 1970. The van der Waals surface area contributed by atoms with Gasteiger partial charge in [-0.15, -0.1) is 0 Å². The van der Waals surface area contributed by atoms with Crippen molar-refractivity contribution in [1.82, 2.24) is 25.3 Å². The zero-order chi connectivity index (χ0) is 56.6. The molecule has 10 N–H and O–H groups in total. The lowest BCUT2D eigenvalue weighted by atomic mass is 9.89. The van der Waals surface area contributed by atoms with Crippen molar-refractivity contribution in [2.24, 2.45) is 28.8 Å². The van der Waals surface area contributed by atoms with E-state index < -0.39 is 146 Å². The molecule has 2 heterocycles. The Balaban J connectivity index is 1.79. The second-order valence-corrected chi connectivity index (χ2v) is 20.9. The first-order chi connectivity index (χ1) is 35.3. The molecular formula is C51H88N8O16. The van der Waals surface area contributed by atoms with Crippen molar-refractivity contribution in [3.63, 3.8) is 0 Å². The second-order valence-electron chi connectivity index (χ2n) is 20.9. The molecule has 19 atom stereocenters. The lowest BCUT2D eigenvalue weighted by molar-refractivity contribution is -0.314. The first-order valence-corrected chi connectivity index (χ1v) is 26.0.